The van der Waals surface area contributed by atoms with Gasteiger partial charge in [-0.2, -0.15) is 0 Å². The minimum absolute atomic E-state index is 0.219. The third-order valence-corrected chi connectivity index (χ3v) is 4.60. The predicted octanol–water partition coefficient (Wildman–Crippen LogP) is 2.35. The van der Waals surface area contributed by atoms with Crippen molar-refractivity contribution in [2.45, 2.75) is 12.5 Å². The molecule has 1 unspecified atom stereocenters. The Bertz CT molecular complexity index is 747. The van der Waals surface area contributed by atoms with Gasteiger partial charge in [-0.1, -0.05) is 0 Å². The van der Waals surface area contributed by atoms with Crippen LogP contribution in [0.2, 0.25) is 0 Å². The SMILES string of the molecule is c1cnc2c(c1)N1CCc3cc4c(cc3C1CO2)OCCO4. The van der Waals surface area contributed by atoms with Crippen LogP contribution in [0.3, 0.4) is 0 Å². The van der Waals surface area contributed by atoms with Crippen LogP contribution in [0.25, 0.3) is 0 Å². The molecule has 1 aromatic heterocycles. The first-order valence-electron chi connectivity index (χ1n) is 7.67. The Kier molecular flexibility index (Phi) is 2.50. The molecule has 3 aliphatic rings. The third-order valence-electron chi connectivity index (χ3n) is 4.60. The molecule has 5 nitrogen and oxygen atoms in total. The zero-order valence-corrected chi connectivity index (χ0v) is 12.1. The lowest BCUT2D eigenvalue weighted by molar-refractivity contribution is 0.170. The fraction of sp³-hybridized carbons (Fsp3) is 0.353. The smallest absolute Gasteiger partial charge is 0.237 e. The quantitative estimate of drug-likeness (QED) is 0.746. The van der Waals surface area contributed by atoms with Crippen LogP contribution in [0.4, 0.5) is 5.69 Å². The van der Waals surface area contributed by atoms with Crippen LogP contribution < -0.4 is 19.1 Å². The number of aromatic nitrogens is 1. The van der Waals surface area contributed by atoms with E-state index < -0.39 is 0 Å². The lowest BCUT2D eigenvalue weighted by Gasteiger charge is -2.42. The molecule has 5 rings (SSSR count). The van der Waals surface area contributed by atoms with Gasteiger partial charge in [0.15, 0.2) is 11.5 Å². The summed E-state index contributed by atoms with van der Waals surface area (Å²) in [5.41, 5.74) is 3.70. The van der Waals surface area contributed by atoms with E-state index in [2.05, 4.69) is 28.1 Å². The average molecular weight is 296 g/mol. The van der Waals surface area contributed by atoms with Crippen LogP contribution in [-0.4, -0.2) is 31.3 Å². The molecular formula is C17H16N2O3. The van der Waals surface area contributed by atoms with E-state index in [-0.39, 0.29) is 6.04 Å². The molecule has 3 aliphatic heterocycles. The van der Waals surface area contributed by atoms with E-state index in [9.17, 15) is 0 Å². The Hall–Kier alpha value is -2.43. The molecule has 0 spiro atoms. The van der Waals surface area contributed by atoms with E-state index in [0.717, 1.165) is 36.0 Å². The second-order valence-electron chi connectivity index (χ2n) is 5.79. The van der Waals surface area contributed by atoms with Crippen molar-refractivity contribution in [2.75, 3.05) is 31.3 Å². The standard InChI is InChI=1S/C17H16N2O3/c1-2-13-17(18-4-1)22-10-14-12-9-16-15(20-6-7-21-16)8-11(12)3-5-19(13)14/h1-2,4,8-9,14H,3,5-7,10H2. The van der Waals surface area contributed by atoms with Crippen molar-refractivity contribution in [3.63, 3.8) is 0 Å². The highest BCUT2D eigenvalue weighted by molar-refractivity contribution is 5.61. The molecule has 1 aromatic carbocycles. The molecule has 0 N–H and O–H groups in total. The van der Waals surface area contributed by atoms with Crippen molar-refractivity contribution < 1.29 is 14.2 Å². The van der Waals surface area contributed by atoms with E-state index in [1.165, 1.54) is 11.1 Å². The first kappa shape index (κ1) is 12.1. The van der Waals surface area contributed by atoms with Crippen LogP contribution in [0.1, 0.15) is 17.2 Å². The number of fused-ring (bicyclic) bond motifs is 6. The Labute approximate surface area is 128 Å². The Morgan fingerprint density at radius 3 is 2.86 bits per heavy atom. The maximum Gasteiger partial charge on any atom is 0.237 e. The largest absolute Gasteiger partial charge is 0.486 e. The summed E-state index contributed by atoms with van der Waals surface area (Å²) in [6.07, 6.45) is 2.77. The summed E-state index contributed by atoms with van der Waals surface area (Å²) in [5.74, 6) is 2.46. The van der Waals surface area contributed by atoms with Gasteiger partial charge in [0, 0.05) is 12.7 Å². The van der Waals surface area contributed by atoms with E-state index >= 15 is 0 Å². The lowest BCUT2D eigenvalue weighted by Crippen LogP contribution is -2.41. The molecule has 112 valence electrons. The maximum atomic E-state index is 5.87. The second-order valence-corrected chi connectivity index (χ2v) is 5.79. The molecule has 2 aromatic rings. The zero-order valence-electron chi connectivity index (χ0n) is 12.1. The van der Waals surface area contributed by atoms with Crippen molar-refractivity contribution in [2.24, 2.45) is 0 Å². The average Bonchev–Trinajstić information content (AvgIpc) is 2.59. The van der Waals surface area contributed by atoms with Crippen molar-refractivity contribution in [3.05, 3.63) is 41.6 Å². The van der Waals surface area contributed by atoms with Gasteiger partial charge >= 0.3 is 0 Å². The summed E-state index contributed by atoms with van der Waals surface area (Å²) in [5, 5.41) is 0. The maximum absolute atomic E-state index is 5.87. The van der Waals surface area contributed by atoms with Gasteiger partial charge in [0.25, 0.3) is 0 Å². The highest BCUT2D eigenvalue weighted by atomic mass is 16.6. The highest BCUT2D eigenvalue weighted by Crippen LogP contribution is 2.44. The number of rotatable bonds is 0. The summed E-state index contributed by atoms with van der Waals surface area (Å²) in [6, 6.07) is 8.53. The summed E-state index contributed by atoms with van der Waals surface area (Å²) in [6.45, 7) is 2.84. The summed E-state index contributed by atoms with van der Waals surface area (Å²) in [4.78, 5) is 6.72. The van der Waals surface area contributed by atoms with Crippen LogP contribution >= 0.6 is 0 Å². The number of benzene rings is 1. The molecule has 4 heterocycles. The summed E-state index contributed by atoms with van der Waals surface area (Å²) in [7, 11) is 0. The zero-order chi connectivity index (χ0) is 14.5. The molecule has 1 atom stereocenters. The number of hydrogen-bond donors (Lipinski definition) is 0. The van der Waals surface area contributed by atoms with E-state index in [1.54, 1.807) is 6.20 Å². The van der Waals surface area contributed by atoms with Crippen LogP contribution in [0.5, 0.6) is 17.4 Å². The molecule has 0 saturated carbocycles. The minimum Gasteiger partial charge on any atom is -0.486 e. The molecule has 0 aliphatic carbocycles. The van der Waals surface area contributed by atoms with Gasteiger partial charge < -0.3 is 19.1 Å². The summed E-state index contributed by atoms with van der Waals surface area (Å²) < 4.78 is 17.3. The van der Waals surface area contributed by atoms with Crippen molar-refractivity contribution in [1.29, 1.82) is 0 Å². The monoisotopic (exact) mass is 296 g/mol. The first-order valence-corrected chi connectivity index (χ1v) is 7.67. The Morgan fingerprint density at radius 1 is 1.09 bits per heavy atom. The molecule has 0 radical (unpaired) electrons. The molecule has 5 heteroatoms. The van der Waals surface area contributed by atoms with Crippen molar-refractivity contribution in [1.82, 2.24) is 4.98 Å². The predicted molar refractivity (Wildman–Crippen MR) is 81.0 cm³/mol. The number of anilines is 1. The van der Waals surface area contributed by atoms with Crippen LogP contribution in [0.15, 0.2) is 30.5 Å². The number of pyridine rings is 1. The van der Waals surface area contributed by atoms with Gasteiger partial charge in [0.1, 0.15) is 25.5 Å². The summed E-state index contributed by atoms with van der Waals surface area (Å²) >= 11 is 0. The minimum atomic E-state index is 0.219. The fourth-order valence-electron chi connectivity index (χ4n) is 3.58. The van der Waals surface area contributed by atoms with Gasteiger partial charge in [-0.3, -0.25) is 0 Å². The number of ether oxygens (including phenoxy) is 3. The van der Waals surface area contributed by atoms with Gasteiger partial charge in [0.05, 0.1) is 6.04 Å². The number of nitrogens with zero attached hydrogens (tertiary/aromatic N) is 2. The van der Waals surface area contributed by atoms with Gasteiger partial charge in [-0.15, -0.1) is 0 Å². The fourth-order valence-corrected chi connectivity index (χ4v) is 3.58. The molecule has 22 heavy (non-hydrogen) atoms. The van der Waals surface area contributed by atoms with Crippen molar-refractivity contribution in [3.8, 4) is 17.4 Å². The highest BCUT2D eigenvalue weighted by Gasteiger charge is 2.35. The van der Waals surface area contributed by atoms with Crippen LogP contribution in [0, 0.1) is 0 Å². The molecule has 0 bridgehead atoms. The van der Waals surface area contributed by atoms with E-state index in [1.807, 2.05) is 6.07 Å². The lowest BCUT2D eigenvalue weighted by atomic mass is 9.91. The number of hydrogen-bond acceptors (Lipinski definition) is 5. The topological polar surface area (TPSA) is 43.8 Å². The molecule has 0 saturated heterocycles. The Balaban J connectivity index is 1.60. The normalized spacial score (nSPS) is 21.3. The van der Waals surface area contributed by atoms with Crippen LogP contribution in [-0.2, 0) is 6.42 Å². The van der Waals surface area contributed by atoms with Crippen molar-refractivity contribution >= 4 is 5.69 Å². The third kappa shape index (κ3) is 1.68. The molecule has 0 fully saturated rings. The van der Waals surface area contributed by atoms with Gasteiger partial charge in [-0.25, -0.2) is 4.98 Å². The van der Waals surface area contributed by atoms with E-state index in [0.29, 0.717) is 19.8 Å². The Morgan fingerprint density at radius 2 is 1.95 bits per heavy atom. The van der Waals surface area contributed by atoms with E-state index in [4.69, 9.17) is 14.2 Å². The first-order chi connectivity index (χ1) is 10.9. The second kappa shape index (κ2) is 4.53. The van der Waals surface area contributed by atoms with Gasteiger partial charge in [0.2, 0.25) is 5.88 Å². The molecular weight excluding hydrogens is 280 g/mol. The van der Waals surface area contributed by atoms with Gasteiger partial charge in [-0.05, 0) is 41.8 Å². The molecule has 0 amide bonds.